The lowest BCUT2D eigenvalue weighted by molar-refractivity contribution is -0.0830. The molecule has 1 N–H and O–H groups in total. The summed E-state index contributed by atoms with van der Waals surface area (Å²) in [6.07, 6.45) is 4.73. The molecule has 0 radical (unpaired) electrons. The highest BCUT2D eigenvalue weighted by molar-refractivity contribution is 5.85. The molecular formula is C26H39ClN2O. The van der Waals surface area contributed by atoms with Gasteiger partial charge in [-0.05, 0) is 81.2 Å². The van der Waals surface area contributed by atoms with E-state index in [9.17, 15) is 0 Å². The number of nitrogens with one attached hydrogen (secondary N) is 1. The molecule has 1 aliphatic heterocycles. The van der Waals surface area contributed by atoms with Crippen LogP contribution in [0.4, 0.5) is 5.69 Å². The molecular weight excluding hydrogens is 392 g/mol. The van der Waals surface area contributed by atoms with Crippen LogP contribution in [-0.2, 0) is 17.7 Å². The van der Waals surface area contributed by atoms with E-state index >= 15 is 0 Å². The van der Waals surface area contributed by atoms with Crippen molar-refractivity contribution in [3.8, 4) is 0 Å². The van der Waals surface area contributed by atoms with E-state index in [0.717, 1.165) is 32.0 Å². The first-order chi connectivity index (χ1) is 13.9. The molecule has 30 heavy (non-hydrogen) atoms. The minimum Gasteiger partial charge on any atom is -0.378 e. The molecule has 0 saturated carbocycles. The lowest BCUT2D eigenvalue weighted by atomic mass is 9.75. The van der Waals surface area contributed by atoms with Crippen LogP contribution >= 0.6 is 12.4 Å². The van der Waals surface area contributed by atoms with Crippen LogP contribution in [0.5, 0.6) is 0 Å². The predicted octanol–water partition coefficient (Wildman–Crippen LogP) is 5.72. The molecule has 1 saturated heterocycles. The maximum Gasteiger partial charge on any atom is 0.0629 e. The van der Waals surface area contributed by atoms with E-state index in [-0.39, 0.29) is 18.0 Å². The molecule has 1 aliphatic rings. The van der Waals surface area contributed by atoms with Gasteiger partial charge in [0.1, 0.15) is 0 Å². The molecule has 2 atom stereocenters. The molecule has 0 bridgehead atoms. The highest BCUT2D eigenvalue weighted by atomic mass is 35.5. The number of hydrogen-bond donors (Lipinski definition) is 1. The zero-order valence-corrected chi connectivity index (χ0v) is 19.9. The van der Waals surface area contributed by atoms with Crippen LogP contribution in [0, 0.1) is 11.8 Å². The van der Waals surface area contributed by atoms with Gasteiger partial charge in [0.05, 0.1) is 5.60 Å². The van der Waals surface area contributed by atoms with Crippen LogP contribution in [0.1, 0.15) is 44.2 Å². The zero-order chi connectivity index (χ0) is 20.7. The van der Waals surface area contributed by atoms with Crippen molar-refractivity contribution in [3.63, 3.8) is 0 Å². The van der Waals surface area contributed by atoms with Gasteiger partial charge in [-0.25, -0.2) is 0 Å². The smallest absolute Gasteiger partial charge is 0.0629 e. The second kappa shape index (κ2) is 11.7. The van der Waals surface area contributed by atoms with Gasteiger partial charge in [-0.1, -0.05) is 42.5 Å². The number of rotatable bonds is 9. The number of ether oxygens (including phenoxy) is 1. The predicted molar refractivity (Wildman–Crippen MR) is 131 cm³/mol. The Morgan fingerprint density at radius 1 is 1.03 bits per heavy atom. The third kappa shape index (κ3) is 7.61. The summed E-state index contributed by atoms with van der Waals surface area (Å²) in [5.74, 6) is 1.43. The average molecular weight is 431 g/mol. The Labute approximate surface area is 189 Å². The fraction of sp³-hybridized carbons (Fsp3) is 0.538. The van der Waals surface area contributed by atoms with E-state index in [1.54, 1.807) is 0 Å². The molecule has 4 heteroatoms. The number of halogens is 1. The quantitative estimate of drug-likeness (QED) is 0.515. The minimum absolute atomic E-state index is 0. The third-order valence-corrected chi connectivity index (χ3v) is 6.22. The summed E-state index contributed by atoms with van der Waals surface area (Å²) in [7, 11) is 4.16. The van der Waals surface area contributed by atoms with E-state index in [1.165, 1.54) is 36.1 Å². The van der Waals surface area contributed by atoms with Crippen LogP contribution < -0.4 is 10.2 Å². The van der Waals surface area contributed by atoms with Crippen molar-refractivity contribution < 1.29 is 4.74 Å². The molecule has 166 valence electrons. The molecule has 2 unspecified atom stereocenters. The summed E-state index contributed by atoms with van der Waals surface area (Å²) in [4.78, 5) is 2.14. The fourth-order valence-electron chi connectivity index (χ4n) is 4.53. The fourth-order valence-corrected chi connectivity index (χ4v) is 4.53. The van der Waals surface area contributed by atoms with E-state index in [2.05, 4.69) is 92.8 Å². The maximum atomic E-state index is 5.99. The van der Waals surface area contributed by atoms with Crippen molar-refractivity contribution in [1.82, 2.24) is 5.32 Å². The number of anilines is 1. The van der Waals surface area contributed by atoms with Crippen molar-refractivity contribution in [2.75, 3.05) is 32.1 Å². The van der Waals surface area contributed by atoms with Crippen molar-refractivity contribution in [1.29, 1.82) is 0 Å². The van der Waals surface area contributed by atoms with Gasteiger partial charge in [0.2, 0.25) is 0 Å². The van der Waals surface area contributed by atoms with Gasteiger partial charge in [-0.15, -0.1) is 12.4 Å². The molecule has 3 rings (SSSR count). The molecule has 2 aromatic rings. The van der Waals surface area contributed by atoms with Crippen LogP contribution in [0.15, 0.2) is 54.6 Å². The standard InChI is InChI=1S/C26H38N2O.ClH/c1-26(2)19-24(15-17-29-26)23(18-21-8-6-5-7-9-21)14-16-27-20-22-10-12-25(13-11-22)28(3)4;/h5-13,23-24,27H,14-20H2,1-4H3;1H. The Bertz CT molecular complexity index is 730. The minimum atomic E-state index is 0. The van der Waals surface area contributed by atoms with Gasteiger partial charge < -0.3 is 15.0 Å². The summed E-state index contributed by atoms with van der Waals surface area (Å²) in [5, 5.41) is 3.68. The van der Waals surface area contributed by atoms with Gasteiger partial charge in [0, 0.05) is 32.9 Å². The second-order valence-electron chi connectivity index (χ2n) is 9.34. The molecule has 1 heterocycles. The van der Waals surface area contributed by atoms with E-state index in [0.29, 0.717) is 5.92 Å². The van der Waals surface area contributed by atoms with Crippen LogP contribution in [0.25, 0.3) is 0 Å². The summed E-state index contributed by atoms with van der Waals surface area (Å²) in [6.45, 7) is 7.38. The van der Waals surface area contributed by atoms with E-state index in [1.807, 2.05) is 0 Å². The number of benzene rings is 2. The first kappa shape index (κ1) is 24.7. The van der Waals surface area contributed by atoms with Crippen LogP contribution in [-0.4, -0.2) is 32.8 Å². The summed E-state index contributed by atoms with van der Waals surface area (Å²) >= 11 is 0. The Hall–Kier alpha value is -1.55. The van der Waals surface area contributed by atoms with Crippen LogP contribution in [0.2, 0.25) is 0 Å². The highest BCUT2D eigenvalue weighted by Gasteiger charge is 2.33. The van der Waals surface area contributed by atoms with E-state index < -0.39 is 0 Å². The zero-order valence-electron chi connectivity index (χ0n) is 19.1. The monoisotopic (exact) mass is 430 g/mol. The van der Waals surface area contributed by atoms with Gasteiger partial charge in [0.25, 0.3) is 0 Å². The Kier molecular flexibility index (Phi) is 9.67. The summed E-state index contributed by atoms with van der Waals surface area (Å²) in [6, 6.07) is 19.8. The number of nitrogens with zero attached hydrogens (tertiary/aromatic N) is 1. The maximum absolute atomic E-state index is 5.99. The van der Waals surface area contributed by atoms with E-state index in [4.69, 9.17) is 4.74 Å². The number of hydrogen-bond acceptors (Lipinski definition) is 3. The first-order valence-corrected chi connectivity index (χ1v) is 11.1. The van der Waals surface area contributed by atoms with Crippen molar-refractivity contribution in [2.24, 2.45) is 11.8 Å². The first-order valence-electron chi connectivity index (χ1n) is 11.1. The second-order valence-corrected chi connectivity index (χ2v) is 9.34. The molecule has 2 aromatic carbocycles. The summed E-state index contributed by atoms with van der Waals surface area (Å²) in [5.41, 5.74) is 4.07. The van der Waals surface area contributed by atoms with Crippen molar-refractivity contribution in [3.05, 3.63) is 65.7 Å². The highest BCUT2D eigenvalue weighted by Crippen LogP contribution is 2.36. The van der Waals surface area contributed by atoms with Gasteiger partial charge in [-0.3, -0.25) is 0 Å². The normalized spacial score (nSPS) is 19.0. The third-order valence-electron chi connectivity index (χ3n) is 6.22. The molecule has 0 aromatic heterocycles. The van der Waals surface area contributed by atoms with Gasteiger partial charge >= 0.3 is 0 Å². The molecule has 3 nitrogen and oxygen atoms in total. The van der Waals surface area contributed by atoms with Gasteiger partial charge in [0.15, 0.2) is 0 Å². The lowest BCUT2D eigenvalue weighted by Crippen LogP contribution is -2.38. The Morgan fingerprint density at radius 2 is 1.73 bits per heavy atom. The van der Waals surface area contributed by atoms with Crippen molar-refractivity contribution >= 4 is 18.1 Å². The molecule has 0 amide bonds. The topological polar surface area (TPSA) is 24.5 Å². The SMILES string of the molecule is CN(C)c1ccc(CNCCC(Cc2ccccc2)C2CCOC(C)(C)C2)cc1.Cl. The lowest BCUT2D eigenvalue weighted by Gasteiger charge is -2.39. The Morgan fingerprint density at radius 3 is 2.37 bits per heavy atom. The largest absolute Gasteiger partial charge is 0.378 e. The van der Waals surface area contributed by atoms with Gasteiger partial charge in [-0.2, -0.15) is 0 Å². The molecule has 0 aliphatic carbocycles. The van der Waals surface area contributed by atoms with Crippen LogP contribution in [0.3, 0.4) is 0 Å². The molecule has 0 spiro atoms. The van der Waals surface area contributed by atoms with Crippen molar-refractivity contribution in [2.45, 2.75) is 51.7 Å². The molecule has 1 fully saturated rings. The Balaban J connectivity index is 0.00000320. The summed E-state index contributed by atoms with van der Waals surface area (Å²) < 4.78 is 5.99. The average Bonchev–Trinajstić information content (AvgIpc) is 2.70.